The van der Waals surface area contributed by atoms with Crippen LogP contribution in [0.25, 0.3) is 6.08 Å². The van der Waals surface area contributed by atoms with Gasteiger partial charge in [0.25, 0.3) is 0 Å². The number of rotatable bonds is 1. The van der Waals surface area contributed by atoms with Gasteiger partial charge in [0.05, 0.1) is 0 Å². The van der Waals surface area contributed by atoms with Crippen molar-refractivity contribution in [2.24, 2.45) is 0 Å². The fourth-order valence-corrected chi connectivity index (χ4v) is 5.58. The SMILES string of the molecule is CC1=Cc2c(ccn2[Si](C)(C)C)C1=[Si](C)C. The first-order valence-corrected chi connectivity index (χ1v) is 11.9. The van der Waals surface area contributed by atoms with Gasteiger partial charge in [0.1, 0.15) is 0 Å². The Labute approximate surface area is 101 Å². The van der Waals surface area contributed by atoms with Crippen molar-refractivity contribution >= 4 is 27.9 Å². The Bertz CT molecular complexity index is 494. The lowest BCUT2D eigenvalue weighted by Crippen LogP contribution is -2.32. The maximum Gasteiger partial charge on any atom is 0.152 e. The summed E-state index contributed by atoms with van der Waals surface area (Å²) in [5.41, 5.74) is 4.48. The van der Waals surface area contributed by atoms with Gasteiger partial charge in [0, 0.05) is 19.7 Å². The van der Waals surface area contributed by atoms with Gasteiger partial charge in [-0.15, -0.1) is 0 Å². The molecule has 0 unspecified atom stereocenters. The van der Waals surface area contributed by atoms with Crippen LogP contribution in [-0.4, -0.2) is 26.0 Å². The fraction of sp³-hybridized carbons (Fsp3) is 0.462. The van der Waals surface area contributed by atoms with Gasteiger partial charge in [-0.05, 0) is 36.0 Å². The summed E-state index contributed by atoms with van der Waals surface area (Å²) < 4.78 is 2.53. The second-order valence-corrected chi connectivity index (χ2v) is 13.2. The molecular formula is C13H21NSi2. The molecule has 16 heavy (non-hydrogen) atoms. The lowest BCUT2D eigenvalue weighted by atomic mass is 10.2. The zero-order valence-corrected chi connectivity index (χ0v) is 13.2. The number of aromatic nitrogens is 1. The molecule has 1 heterocycles. The summed E-state index contributed by atoms with van der Waals surface area (Å²) in [6, 6.07) is 2.33. The molecule has 1 aliphatic carbocycles. The molecule has 0 saturated heterocycles. The number of nitrogens with zero attached hydrogens (tertiary/aromatic N) is 1. The lowest BCUT2D eigenvalue weighted by molar-refractivity contribution is 1.13. The van der Waals surface area contributed by atoms with Crippen LogP contribution < -0.4 is 0 Å². The summed E-state index contributed by atoms with van der Waals surface area (Å²) >= 11 is 0. The Kier molecular flexibility index (Phi) is 2.71. The minimum absolute atomic E-state index is 0.354. The van der Waals surface area contributed by atoms with Crippen molar-refractivity contribution in [3.8, 4) is 0 Å². The van der Waals surface area contributed by atoms with Gasteiger partial charge in [0.15, 0.2) is 8.24 Å². The van der Waals surface area contributed by atoms with E-state index in [9.17, 15) is 0 Å². The van der Waals surface area contributed by atoms with Crippen molar-refractivity contribution < 1.29 is 0 Å². The van der Waals surface area contributed by atoms with Crippen molar-refractivity contribution in [3.63, 3.8) is 0 Å². The maximum atomic E-state index is 2.53. The summed E-state index contributed by atoms with van der Waals surface area (Å²) in [4.78, 5) is 0. The third kappa shape index (κ3) is 1.72. The van der Waals surface area contributed by atoms with Gasteiger partial charge in [-0.2, -0.15) is 0 Å². The zero-order valence-electron chi connectivity index (χ0n) is 11.2. The lowest BCUT2D eigenvalue weighted by Gasteiger charge is -2.20. The molecule has 1 aromatic heterocycles. The van der Waals surface area contributed by atoms with Gasteiger partial charge in [0.2, 0.25) is 0 Å². The first-order chi connectivity index (χ1) is 7.32. The highest BCUT2D eigenvalue weighted by Crippen LogP contribution is 2.28. The van der Waals surface area contributed by atoms with Crippen LogP contribution in [-0.2, 0) is 0 Å². The third-order valence-electron chi connectivity index (χ3n) is 3.17. The molecule has 1 aromatic rings. The second-order valence-electron chi connectivity index (χ2n) is 5.86. The molecule has 0 amide bonds. The van der Waals surface area contributed by atoms with E-state index in [1.165, 1.54) is 16.8 Å². The van der Waals surface area contributed by atoms with E-state index in [2.05, 4.69) is 62.2 Å². The van der Waals surface area contributed by atoms with Gasteiger partial charge < -0.3 is 4.23 Å². The van der Waals surface area contributed by atoms with Gasteiger partial charge >= 0.3 is 0 Å². The minimum Gasteiger partial charge on any atom is -0.375 e. The standard InChI is InChI=1S/C13H21NSi2/c1-10-9-12-11(13(10)15(2)3)7-8-14(12)16(4,5)6/h7-9H,1-6H3. The zero-order chi connectivity index (χ0) is 12.1. The third-order valence-corrected chi connectivity index (χ3v) is 6.66. The first-order valence-electron chi connectivity index (χ1n) is 5.90. The topological polar surface area (TPSA) is 4.93 Å². The maximum absolute atomic E-state index is 2.53. The van der Waals surface area contributed by atoms with Crippen LogP contribution in [0.15, 0.2) is 17.8 Å². The molecule has 0 atom stereocenters. The van der Waals surface area contributed by atoms with Crippen LogP contribution in [0, 0.1) is 0 Å². The highest BCUT2D eigenvalue weighted by Gasteiger charge is 2.25. The molecule has 0 bridgehead atoms. The van der Waals surface area contributed by atoms with E-state index in [0.29, 0.717) is 0 Å². The van der Waals surface area contributed by atoms with E-state index in [0.717, 1.165) is 0 Å². The Hall–Kier alpha value is -0.676. The second kappa shape index (κ2) is 3.67. The van der Waals surface area contributed by atoms with Gasteiger partial charge in [-0.1, -0.05) is 32.7 Å². The smallest absolute Gasteiger partial charge is 0.152 e. The molecule has 0 N–H and O–H groups in total. The largest absolute Gasteiger partial charge is 0.375 e. The average molecular weight is 247 g/mol. The Morgan fingerprint density at radius 3 is 2.31 bits per heavy atom. The molecule has 3 heteroatoms. The number of hydrogen-bond acceptors (Lipinski definition) is 0. The predicted molar refractivity (Wildman–Crippen MR) is 78.4 cm³/mol. The number of fused-ring (bicyclic) bond motifs is 1. The first kappa shape index (κ1) is 11.8. The Balaban J connectivity index is 2.65. The van der Waals surface area contributed by atoms with Crippen LogP contribution in [0.1, 0.15) is 18.2 Å². The van der Waals surface area contributed by atoms with Crippen LogP contribution in [0.2, 0.25) is 32.7 Å². The van der Waals surface area contributed by atoms with E-state index >= 15 is 0 Å². The van der Waals surface area contributed by atoms with E-state index < -0.39 is 8.24 Å². The van der Waals surface area contributed by atoms with E-state index in [-0.39, 0.29) is 8.41 Å². The van der Waals surface area contributed by atoms with Crippen molar-refractivity contribution in [2.45, 2.75) is 39.7 Å². The normalized spacial score (nSPS) is 15.1. The summed E-state index contributed by atoms with van der Waals surface area (Å²) in [7, 11) is -1.62. The highest BCUT2D eigenvalue weighted by molar-refractivity contribution is 6.77. The van der Waals surface area contributed by atoms with Crippen molar-refractivity contribution in [2.75, 3.05) is 0 Å². The number of hydrogen-bond donors (Lipinski definition) is 0. The summed E-state index contributed by atoms with van der Waals surface area (Å²) in [5, 5.41) is 1.64. The molecule has 0 radical (unpaired) electrons. The molecule has 0 aromatic carbocycles. The summed E-state index contributed by atoms with van der Waals surface area (Å²) in [5.74, 6) is 0. The van der Waals surface area contributed by atoms with Gasteiger partial charge in [-0.25, -0.2) is 0 Å². The van der Waals surface area contributed by atoms with Gasteiger partial charge in [-0.3, -0.25) is 0 Å². The van der Waals surface area contributed by atoms with E-state index in [1.807, 2.05) is 0 Å². The monoisotopic (exact) mass is 247 g/mol. The minimum atomic E-state index is -1.26. The predicted octanol–water partition coefficient (Wildman–Crippen LogP) is 3.44. The molecule has 0 aliphatic heterocycles. The Morgan fingerprint density at radius 1 is 1.19 bits per heavy atom. The molecule has 2 rings (SSSR count). The van der Waals surface area contributed by atoms with Crippen molar-refractivity contribution in [3.05, 3.63) is 29.1 Å². The van der Waals surface area contributed by atoms with Crippen LogP contribution in [0.4, 0.5) is 0 Å². The van der Waals surface area contributed by atoms with Crippen LogP contribution in [0.3, 0.4) is 0 Å². The Morgan fingerprint density at radius 2 is 1.81 bits per heavy atom. The molecule has 86 valence electrons. The van der Waals surface area contributed by atoms with E-state index in [4.69, 9.17) is 0 Å². The average Bonchev–Trinajstić information content (AvgIpc) is 2.57. The molecule has 0 fully saturated rings. The summed E-state index contributed by atoms with van der Waals surface area (Å²) in [6.45, 7) is 14.2. The number of allylic oxidation sites excluding steroid dienone is 1. The summed E-state index contributed by atoms with van der Waals surface area (Å²) in [6.07, 6.45) is 4.69. The molecule has 0 spiro atoms. The molecule has 1 aliphatic rings. The molecular weight excluding hydrogens is 226 g/mol. The quantitative estimate of drug-likeness (QED) is 0.670. The van der Waals surface area contributed by atoms with Crippen molar-refractivity contribution in [1.29, 1.82) is 0 Å². The fourth-order valence-electron chi connectivity index (χ4n) is 2.54. The highest BCUT2D eigenvalue weighted by atomic mass is 28.3. The van der Waals surface area contributed by atoms with Crippen molar-refractivity contribution in [1.82, 2.24) is 4.23 Å². The molecule has 1 nitrogen and oxygen atoms in total. The molecule has 0 saturated carbocycles. The van der Waals surface area contributed by atoms with Crippen LogP contribution in [0.5, 0.6) is 0 Å². The van der Waals surface area contributed by atoms with Crippen LogP contribution >= 0.6 is 0 Å². The van der Waals surface area contributed by atoms with E-state index in [1.54, 1.807) is 5.17 Å².